The highest BCUT2D eigenvalue weighted by Crippen LogP contribution is 2.19. The summed E-state index contributed by atoms with van der Waals surface area (Å²) in [5, 5.41) is 0. The minimum absolute atomic E-state index is 0.154. The van der Waals surface area contributed by atoms with Crippen LogP contribution in [0.4, 0.5) is 0 Å². The molecule has 5 nitrogen and oxygen atoms in total. The highest BCUT2D eigenvalue weighted by molar-refractivity contribution is 7.77. The van der Waals surface area contributed by atoms with E-state index in [2.05, 4.69) is 40.8 Å². The van der Waals surface area contributed by atoms with Crippen LogP contribution in [0.5, 0.6) is 0 Å². The Balaban J connectivity index is 1.77. The van der Waals surface area contributed by atoms with Crippen LogP contribution in [0.3, 0.4) is 0 Å². The zero-order valence-electron chi connectivity index (χ0n) is 13.5. The van der Waals surface area contributed by atoms with Crippen molar-refractivity contribution < 1.29 is 0 Å². The van der Waals surface area contributed by atoms with Gasteiger partial charge >= 0.3 is 0 Å². The Kier molecular flexibility index (Phi) is 6.41. The summed E-state index contributed by atoms with van der Waals surface area (Å²) in [6, 6.07) is 0. The average Bonchev–Trinajstić information content (AvgIpc) is 2.43. The minimum Gasteiger partial charge on any atom is -0.351 e. The normalized spacial score (nSPS) is 28.4. The molecule has 0 spiro atoms. The predicted octanol–water partition coefficient (Wildman–Crippen LogP) is -0.497. The topological polar surface area (TPSA) is 39.0 Å². The molecule has 2 N–H and O–H groups in total. The second-order valence-electron chi connectivity index (χ2n) is 6.97. The van der Waals surface area contributed by atoms with Crippen LogP contribution in [0, 0.1) is 5.92 Å². The third-order valence-electron chi connectivity index (χ3n) is 4.98. The summed E-state index contributed by atoms with van der Waals surface area (Å²) in [5.74, 6) is 0.468. The first-order valence-electron chi connectivity index (χ1n) is 8.04. The quantitative estimate of drug-likeness (QED) is 0.529. The lowest BCUT2D eigenvalue weighted by Crippen LogP contribution is -2.58. The van der Waals surface area contributed by atoms with E-state index in [1.54, 1.807) is 0 Å². The molecule has 0 amide bonds. The first-order valence-corrected chi connectivity index (χ1v) is 8.44. The fourth-order valence-corrected chi connectivity index (χ4v) is 3.25. The van der Waals surface area contributed by atoms with Gasteiger partial charge in [0.1, 0.15) is 0 Å². The van der Waals surface area contributed by atoms with E-state index in [1.165, 1.54) is 0 Å². The average molecular weight is 311 g/mol. The van der Waals surface area contributed by atoms with Crippen LogP contribution in [-0.2, 0) is 0 Å². The first-order chi connectivity index (χ1) is 9.87. The molecule has 2 radical (unpaired) electrons. The SMILES string of the molecule is [B]N1CCN(CC(C)[C@@](C)(N)CN2CCN(S)CC2)CC1. The van der Waals surface area contributed by atoms with Crippen molar-refractivity contribution in [1.29, 1.82) is 0 Å². The molecule has 21 heavy (non-hydrogen) atoms. The lowest BCUT2D eigenvalue weighted by atomic mass is 9.86. The molecule has 2 fully saturated rings. The lowest BCUT2D eigenvalue weighted by molar-refractivity contribution is 0.106. The van der Waals surface area contributed by atoms with E-state index in [0.717, 1.165) is 65.4 Å². The Morgan fingerprint density at radius 1 is 1.05 bits per heavy atom. The summed E-state index contributed by atoms with van der Waals surface area (Å²) in [5.41, 5.74) is 6.48. The maximum absolute atomic E-state index is 6.63. The largest absolute Gasteiger partial charge is 0.351 e. The molecule has 0 aromatic carbocycles. The van der Waals surface area contributed by atoms with E-state index in [9.17, 15) is 0 Å². The number of hydrogen-bond donors (Lipinski definition) is 2. The second kappa shape index (κ2) is 7.66. The molecule has 2 saturated heterocycles. The second-order valence-corrected chi connectivity index (χ2v) is 7.54. The van der Waals surface area contributed by atoms with E-state index in [1.807, 2.05) is 4.81 Å². The van der Waals surface area contributed by atoms with E-state index in [-0.39, 0.29) is 5.54 Å². The third-order valence-corrected chi connectivity index (χ3v) is 5.38. The van der Waals surface area contributed by atoms with Gasteiger partial charge in [0.2, 0.25) is 0 Å². The van der Waals surface area contributed by atoms with E-state index in [4.69, 9.17) is 13.7 Å². The zero-order valence-corrected chi connectivity index (χ0v) is 14.4. The van der Waals surface area contributed by atoms with Gasteiger partial charge in [0.25, 0.3) is 0 Å². The maximum Gasteiger partial charge on any atom is 0.182 e. The molecule has 0 saturated carbocycles. The smallest absolute Gasteiger partial charge is 0.182 e. The van der Waals surface area contributed by atoms with Gasteiger partial charge in [-0.3, -0.25) is 9.21 Å². The Hall–Kier alpha value is 0.215. The van der Waals surface area contributed by atoms with Crippen LogP contribution in [0.15, 0.2) is 0 Å². The van der Waals surface area contributed by atoms with Crippen molar-refractivity contribution in [2.24, 2.45) is 11.7 Å². The van der Waals surface area contributed by atoms with Gasteiger partial charge in [-0.05, 0) is 25.9 Å². The van der Waals surface area contributed by atoms with Gasteiger partial charge in [-0.25, -0.2) is 0 Å². The van der Waals surface area contributed by atoms with Gasteiger partial charge in [0, 0.05) is 57.9 Å². The molecule has 2 atom stereocenters. The summed E-state index contributed by atoms with van der Waals surface area (Å²) < 4.78 is 2.08. The van der Waals surface area contributed by atoms with Gasteiger partial charge in [0.15, 0.2) is 7.98 Å². The monoisotopic (exact) mass is 311 g/mol. The van der Waals surface area contributed by atoms with Crippen molar-refractivity contribution >= 4 is 20.8 Å². The molecule has 0 aromatic rings. The zero-order chi connectivity index (χ0) is 15.5. The third kappa shape index (κ3) is 5.41. The van der Waals surface area contributed by atoms with E-state index >= 15 is 0 Å². The molecule has 1 unspecified atom stereocenters. The van der Waals surface area contributed by atoms with Gasteiger partial charge in [-0.2, -0.15) is 0 Å². The summed E-state index contributed by atoms with van der Waals surface area (Å²) in [7, 11) is 5.81. The van der Waals surface area contributed by atoms with Crippen molar-refractivity contribution in [2.75, 3.05) is 65.4 Å². The highest BCUT2D eigenvalue weighted by atomic mass is 32.1. The summed E-state index contributed by atoms with van der Waals surface area (Å²) in [6.07, 6.45) is 0. The van der Waals surface area contributed by atoms with Crippen molar-refractivity contribution in [3.05, 3.63) is 0 Å². The van der Waals surface area contributed by atoms with Gasteiger partial charge < -0.3 is 15.4 Å². The molecule has 2 aliphatic rings. The van der Waals surface area contributed by atoms with Gasteiger partial charge in [-0.15, -0.1) is 0 Å². The number of nitrogens with zero attached hydrogens (tertiary/aromatic N) is 4. The first kappa shape index (κ1) is 17.6. The molecule has 0 aliphatic carbocycles. The van der Waals surface area contributed by atoms with Crippen molar-refractivity contribution in [2.45, 2.75) is 19.4 Å². The number of thiol groups is 1. The van der Waals surface area contributed by atoms with Crippen molar-refractivity contribution in [3.8, 4) is 0 Å². The molecule has 120 valence electrons. The number of nitrogens with two attached hydrogens (primary N) is 1. The standard InChI is InChI=1S/C14H30BN5S/c1-13(11-17-3-7-19(15)8-4-17)14(2,16)12-18-5-9-20(21)10-6-18/h13,21H,3-12,16H2,1-2H3/t13?,14-/m0/s1. The summed E-state index contributed by atoms with van der Waals surface area (Å²) in [4.78, 5) is 6.87. The van der Waals surface area contributed by atoms with Gasteiger partial charge in [-0.1, -0.05) is 19.7 Å². The van der Waals surface area contributed by atoms with Gasteiger partial charge in [0.05, 0.1) is 0 Å². The van der Waals surface area contributed by atoms with Crippen LogP contribution in [-0.4, -0.2) is 97.9 Å². The van der Waals surface area contributed by atoms with Crippen LogP contribution < -0.4 is 5.73 Å². The Labute approximate surface area is 136 Å². The molecule has 2 aliphatic heterocycles. The Morgan fingerprint density at radius 2 is 1.57 bits per heavy atom. The molecule has 0 aromatic heterocycles. The molecule has 0 bridgehead atoms. The van der Waals surface area contributed by atoms with Crippen molar-refractivity contribution in [3.63, 3.8) is 0 Å². The van der Waals surface area contributed by atoms with E-state index < -0.39 is 0 Å². The fraction of sp³-hybridized carbons (Fsp3) is 1.00. The number of hydrogen-bond acceptors (Lipinski definition) is 6. The summed E-state index contributed by atoms with van der Waals surface area (Å²) >= 11 is 4.40. The molecule has 2 rings (SSSR count). The highest BCUT2D eigenvalue weighted by Gasteiger charge is 2.31. The minimum atomic E-state index is -0.154. The van der Waals surface area contributed by atoms with Crippen LogP contribution in [0.25, 0.3) is 0 Å². The Morgan fingerprint density at radius 3 is 2.14 bits per heavy atom. The summed E-state index contributed by atoms with van der Waals surface area (Å²) in [6.45, 7) is 14.7. The maximum atomic E-state index is 6.63. The number of rotatable bonds is 5. The molecule has 2 heterocycles. The van der Waals surface area contributed by atoms with Crippen LogP contribution in [0.2, 0.25) is 0 Å². The molecule has 7 heteroatoms. The predicted molar refractivity (Wildman–Crippen MR) is 92.5 cm³/mol. The Bertz CT molecular complexity index is 314. The van der Waals surface area contributed by atoms with Crippen LogP contribution in [0.1, 0.15) is 13.8 Å². The lowest BCUT2D eigenvalue weighted by Gasteiger charge is -2.42. The number of piperazine rings is 2. The fourth-order valence-electron chi connectivity index (χ4n) is 3.07. The molecular weight excluding hydrogens is 281 g/mol. The van der Waals surface area contributed by atoms with Crippen LogP contribution >= 0.6 is 12.8 Å². The van der Waals surface area contributed by atoms with E-state index in [0.29, 0.717) is 5.92 Å². The molecular formula is C14H30BN5S. The van der Waals surface area contributed by atoms with Crippen molar-refractivity contribution in [1.82, 2.24) is 18.9 Å².